The first-order valence-electron chi connectivity index (χ1n) is 3.48. The first kappa shape index (κ1) is 7.53. The molecule has 6 nitrogen and oxygen atoms in total. The van der Waals surface area contributed by atoms with Crippen molar-refractivity contribution in [3.05, 3.63) is 30.2 Å². The maximum absolute atomic E-state index is 10.3. The van der Waals surface area contributed by atoms with Crippen molar-refractivity contribution >= 4 is 6.29 Å². The fraction of sp³-hybridized carbons (Fsp3) is 0. The Morgan fingerprint density at radius 2 is 2.38 bits per heavy atom. The Bertz CT molecular complexity index is 411. The van der Waals surface area contributed by atoms with Crippen molar-refractivity contribution in [3.63, 3.8) is 0 Å². The summed E-state index contributed by atoms with van der Waals surface area (Å²) in [5.41, 5.74) is 0.417. The molecule has 0 amide bonds. The smallest absolute Gasteiger partial charge is 0.233 e. The summed E-state index contributed by atoms with van der Waals surface area (Å²) in [6.45, 7) is 0. The van der Waals surface area contributed by atoms with E-state index in [1.54, 1.807) is 18.4 Å². The normalized spacial score (nSPS) is 9.85. The van der Waals surface area contributed by atoms with Gasteiger partial charge >= 0.3 is 0 Å². The predicted molar refractivity (Wildman–Crippen MR) is 41.7 cm³/mol. The fourth-order valence-corrected chi connectivity index (χ4v) is 0.873. The zero-order chi connectivity index (χ0) is 9.10. The summed E-state index contributed by atoms with van der Waals surface area (Å²) in [5, 5.41) is 10.5. The molecule has 0 spiro atoms. The second kappa shape index (κ2) is 3.10. The number of pyridine rings is 1. The van der Waals surface area contributed by atoms with Gasteiger partial charge in [-0.2, -0.15) is 4.68 Å². The van der Waals surface area contributed by atoms with Crippen LogP contribution in [0.4, 0.5) is 0 Å². The Balaban J connectivity index is 2.47. The van der Waals surface area contributed by atoms with Crippen LogP contribution < -0.4 is 0 Å². The molecule has 0 saturated carbocycles. The van der Waals surface area contributed by atoms with Crippen LogP contribution in [0.5, 0.6) is 0 Å². The second-order valence-corrected chi connectivity index (χ2v) is 2.26. The van der Waals surface area contributed by atoms with Crippen molar-refractivity contribution in [2.75, 3.05) is 0 Å². The molecule has 0 saturated heterocycles. The van der Waals surface area contributed by atoms with E-state index in [1.165, 1.54) is 17.2 Å². The molecule has 2 aromatic heterocycles. The summed E-state index contributed by atoms with van der Waals surface area (Å²) in [7, 11) is 0. The SMILES string of the molecule is O=[C]c1ccnc(-n2cnnn2)c1. The molecule has 0 aliphatic heterocycles. The molecule has 6 heteroatoms. The first-order chi connectivity index (χ1) is 6.40. The molecule has 2 heterocycles. The summed E-state index contributed by atoms with van der Waals surface area (Å²) < 4.78 is 1.36. The fourth-order valence-electron chi connectivity index (χ4n) is 0.873. The van der Waals surface area contributed by atoms with Crippen molar-refractivity contribution < 1.29 is 4.79 Å². The van der Waals surface area contributed by atoms with Crippen molar-refractivity contribution in [2.24, 2.45) is 0 Å². The third kappa shape index (κ3) is 1.41. The van der Waals surface area contributed by atoms with Crippen LogP contribution >= 0.6 is 0 Å². The third-order valence-corrected chi connectivity index (χ3v) is 1.45. The number of hydrogen-bond acceptors (Lipinski definition) is 5. The monoisotopic (exact) mass is 174 g/mol. The van der Waals surface area contributed by atoms with E-state index in [-0.39, 0.29) is 0 Å². The lowest BCUT2D eigenvalue weighted by molar-refractivity contribution is 0.562. The van der Waals surface area contributed by atoms with Crippen LogP contribution in [0, 0.1) is 0 Å². The standard InChI is InChI=1S/C7H4N5O/c13-4-6-1-2-8-7(3-6)12-5-9-10-11-12/h1-3,5H. The highest BCUT2D eigenvalue weighted by molar-refractivity contribution is 5.75. The molecule has 0 unspecified atom stereocenters. The van der Waals surface area contributed by atoms with Crippen molar-refractivity contribution in [1.29, 1.82) is 0 Å². The number of carbonyl (C=O) groups excluding carboxylic acids is 1. The van der Waals surface area contributed by atoms with Gasteiger partial charge in [-0.1, -0.05) is 0 Å². The van der Waals surface area contributed by atoms with Gasteiger partial charge in [0.1, 0.15) is 6.33 Å². The van der Waals surface area contributed by atoms with Gasteiger partial charge in [-0.05, 0) is 22.6 Å². The zero-order valence-electron chi connectivity index (χ0n) is 6.45. The molecule has 0 aliphatic carbocycles. The molecular weight excluding hydrogens is 170 g/mol. The zero-order valence-corrected chi connectivity index (χ0v) is 6.45. The minimum atomic E-state index is 0.417. The summed E-state index contributed by atoms with van der Waals surface area (Å²) in [6.07, 6.45) is 4.65. The third-order valence-electron chi connectivity index (χ3n) is 1.45. The lowest BCUT2D eigenvalue weighted by atomic mass is 10.3. The Kier molecular flexibility index (Phi) is 1.79. The van der Waals surface area contributed by atoms with Gasteiger partial charge in [0.15, 0.2) is 5.82 Å². The predicted octanol–water partition coefficient (Wildman–Crippen LogP) is -0.485. The van der Waals surface area contributed by atoms with Gasteiger partial charge in [-0.25, -0.2) is 4.98 Å². The quantitative estimate of drug-likeness (QED) is 0.614. The highest BCUT2D eigenvalue weighted by Gasteiger charge is 1.99. The van der Waals surface area contributed by atoms with Crippen molar-refractivity contribution in [2.45, 2.75) is 0 Å². The largest absolute Gasteiger partial charge is 0.285 e. The van der Waals surface area contributed by atoms with Crippen LogP contribution in [-0.2, 0) is 4.79 Å². The van der Waals surface area contributed by atoms with Crippen molar-refractivity contribution in [1.82, 2.24) is 25.2 Å². The summed E-state index contributed by atoms with van der Waals surface area (Å²) in [4.78, 5) is 14.3. The van der Waals surface area contributed by atoms with E-state index in [1.807, 2.05) is 0 Å². The van der Waals surface area contributed by atoms with Gasteiger partial charge in [-0.3, -0.25) is 4.79 Å². The number of nitrogens with zero attached hydrogens (tertiary/aromatic N) is 5. The van der Waals surface area contributed by atoms with E-state index in [9.17, 15) is 4.79 Å². The Hall–Kier alpha value is -2.11. The van der Waals surface area contributed by atoms with Gasteiger partial charge in [-0.15, -0.1) is 5.10 Å². The molecule has 2 aromatic rings. The van der Waals surface area contributed by atoms with Gasteiger partial charge in [0, 0.05) is 11.8 Å². The van der Waals surface area contributed by atoms with E-state index in [4.69, 9.17) is 0 Å². The molecule has 0 atom stereocenters. The molecule has 0 bridgehead atoms. The first-order valence-corrected chi connectivity index (χ1v) is 3.48. The molecule has 0 aliphatic rings. The number of rotatable bonds is 2. The average Bonchev–Trinajstić information content (AvgIpc) is 2.71. The molecule has 0 N–H and O–H groups in total. The molecule has 13 heavy (non-hydrogen) atoms. The highest BCUT2D eigenvalue weighted by Crippen LogP contribution is 2.01. The number of tetrazole rings is 1. The highest BCUT2D eigenvalue weighted by atomic mass is 16.1. The van der Waals surface area contributed by atoms with E-state index in [0.29, 0.717) is 11.4 Å². The lowest BCUT2D eigenvalue weighted by Crippen LogP contribution is -1.99. The van der Waals surface area contributed by atoms with E-state index < -0.39 is 0 Å². The second-order valence-electron chi connectivity index (χ2n) is 2.26. The van der Waals surface area contributed by atoms with Gasteiger partial charge in [0.2, 0.25) is 6.29 Å². The van der Waals surface area contributed by atoms with Crippen molar-refractivity contribution in [3.8, 4) is 5.82 Å². The molecular formula is C7H4N5O. The molecule has 0 fully saturated rings. The van der Waals surface area contributed by atoms with Gasteiger partial charge < -0.3 is 0 Å². The topological polar surface area (TPSA) is 73.6 Å². The summed E-state index contributed by atoms with van der Waals surface area (Å²) >= 11 is 0. The minimum absolute atomic E-state index is 0.417. The summed E-state index contributed by atoms with van der Waals surface area (Å²) in [5.74, 6) is 0.492. The summed E-state index contributed by atoms with van der Waals surface area (Å²) in [6, 6.07) is 3.10. The molecule has 1 radical (unpaired) electrons. The van der Waals surface area contributed by atoms with Crippen LogP contribution in [0.25, 0.3) is 5.82 Å². The van der Waals surface area contributed by atoms with Crippen LogP contribution in [0.2, 0.25) is 0 Å². The average molecular weight is 174 g/mol. The molecule has 0 aromatic carbocycles. The Morgan fingerprint density at radius 1 is 1.46 bits per heavy atom. The maximum atomic E-state index is 10.3. The van der Waals surface area contributed by atoms with E-state index >= 15 is 0 Å². The molecule has 63 valence electrons. The van der Waals surface area contributed by atoms with Crippen LogP contribution in [0.15, 0.2) is 24.7 Å². The lowest BCUT2D eigenvalue weighted by Gasteiger charge is -1.96. The minimum Gasteiger partial charge on any atom is -0.285 e. The van der Waals surface area contributed by atoms with Gasteiger partial charge in [0.25, 0.3) is 0 Å². The number of hydrogen-bond donors (Lipinski definition) is 0. The van der Waals surface area contributed by atoms with E-state index in [2.05, 4.69) is 20.5 Å². The Morgan fingerprint density at radius 3 is 3.08 bits per heavy atom. The Labute approximate surface area is 73.2 Å². The molecule has 2 rings (SSSR count). The van der Waals surface area contributed by atoms with Crippen LogP contribution in [-0.4, -0.2) is 31.5 Å². The maximum Gasteiger partial charge on any atom is 0.233 e. The van der Waals surface area contributed by atoms with E-state index in [0.717, 1.165) is 0 Å². The van der Waals surface area contributed by atoms with Crippen LogP contribution in [0.1, 0.15) is 5.56 Å². The van der Waals surface area contributed by atoms with Crippen LogP contribution in [0.3, 0.4) is 0 Å². The number of aromatic nitrogens is 5. The van der Waals surface area contributed by atoms with Gasteiger partial charge in [0.05, 0.1) is 0 Å².